The minimum absolute atomic E-state index is 0. The highest BCUT2D eigenvalue weighted by atomic mass is 35.5. The van der Waals surface area contributed by atoms with Gasteiger partial charge < -0.3 is 19.7 Å². The SMILES string of the molecule is Cl.Cl.c1cn2c(-c3ccc(OCC4CCCCN4)cc3)cnc2c(N2CCOCC2)n1. The van der Waals surface area contributed by atoms with Crippen molar-refractivity contribution in [2.24, 2.45) is 0 Å². The molecule has 1 aromatic carbocycles. The Labute approximate surface area is 195 Å². The van der Waals surface area contributed by atoms with Crippen molar-refractivity contribution in [3.8, 4) is 17.0 Å². The number of aromatic nitrogens is 3. The van der Waals surface area contributed by atoms with Crippen molar-refractivity contribution < 1.29 is 9.47 Å². The van der Waals surface area contributed by atoms with E-state index in [0.717, 1.165) is 67.9 Å². The first kappa shape index (κ1) is 23.6. The predicted molar refractivity (Wildman–Crippen MR) is 127 cm³/mol. The summed E-state index contributed by atoms with van der Waals surface area (Å²) in [5, 5.41) is 3.52. The van der Waals surface area contributed by atoms with Crippen molar-refractivity contribution in [1.82, 2.24) is 19.7 Å². The molecule has 0 amide bonds. The van der Waals surface area contributed by atoms with Gasteiger partial charge in [0.1, 0.15) is 12.4 Å². The number of halogens is 2. The molecule has 168 valence electrons. The van der Waals surface area contributed by atoms with Gasteiger partial charge in [0.2, 0.25) is 0 Å². The van der Waals surface area contributed by atoms with Gasteiger partial charge in [-0.05, 0) is 43.7 Å². The summed E-state index contributed by atoms with van der Waals surface area (Å²) in [7, 11) is 0. The van der Waals surface area contributed by atoms with Crippen LogP contribution in [0.2, 0.25) is 0 Å². The molecular formula is C22H29Cl2N5O2. The maximum atomic E-state index is 5.99. The Bertz CT molecular complexity index is 954. The first-order valence-corrected chi connectivity index (χ1v) is 10.5. The lowest BCUT2D eigenvalue weighted by Gasteiger charge is -2.27. The minimum atomic E-state index is 0. The lowest BCUT2D eigenvalue weighted by molar-refractivity contribution is 0.122. The maximum Gasteiger partial charge on any atom is 0.180 e. The molecule has 2 aliphatic rings. The molecule has 4 heterocycles. The molecule has 5 rings (SSSR count). The molecule has 2 aromatic heterocycles. The van der Waals surface area contributed by atoms with E-state index in [2.05, 4.69) is 36.7 Å². The van der Waals surface area contributed by atoms with Crippen LogP contribution < -0.4 is 15.0 Å². The summed E-state index contributed by atoms with van der Waals surface area (Å²) in [5.74, 6) is 1.83. The topological polar surface area (TPSA) is 63.9 Å². The fourth-order valence-electron chi connectivity index (χ4n) is 4.10. The monoisotopic (exact) mass is 465 g/mol. The van der Waals surface area contributed by atoms with Gasteiger partial charge in [0.05, 0.1) is 25.1 Å². The number of ether oxygens (including phenoxy) is 2. The van der Waals surface area contributed by atoms with Gasteiger partial charge in [-0.2, -0.15) is 0 Å². The Morgan fingerprint density at radius 3 is 2.61 bits per heavy atom. The van der Waals surface area contributed by atoms with Crippen LogP contribution in [0, 0.1) is 0 Å². The molecule has 9 heteroatoms. The number of piperidine rings is 1. The van der Waals surface area contributed by atoms with Crippen molar-refractivity contribution in [3.05, 3.63) is 42.9 Å². The standard InChI is InChI=1S/C22H27N5O2.2ClH/c1-2-8-23-18(3-1)16-29-19-6-4-17(5-7-19)20-15-25-22-21(24-9-10-27(20)22)26-11-13-28-14-12-26;;/h4-7,9-10,15,18,23H,1-3,8,11-14,16H2;2*1H. The molecule has 0 aliphatic carbocycles. The zero-order valence-corrected chi connectivity index (χ0v) is 19.0. The largest absolute Gasteiger partial charge is 0.492 e. The van der Waals surface area contributed by atoms with E-state index in [1.165, 1.54) is 19.3 Å². The number of anilines is 1. The first-order valence-electron chi connectivity index (χ1n) is 10.5. The van der Waals surface area contributed by atoms with Crippen molar-refractivity contribution in [3.63, 3.8) is 0 Å². The lowest BCUT2D eigenvalue weighted by atomic mass is 10.1. The third-order valence-corrected chi connectivity index (χ3v) is 5.73. The molecule has 2 aliphatic heterocycles. The number of hydrogen-bond donors (Lipinski definition) is 1. The molecule has 1 N–H and O–H groups in total. The zero-order chi connectivity index (χ0) is 19.5. The Morgan fingerprint density at radius 1 is 1.06 bits per heavy atom. The van der Waals surface area contributed by atoms with Crippen LogP contribution in [0.3, 0.4) is 0 Å². The van der Waals surface area contributed by atoms with E-state index in [1.54, 1.807) is 0 Å². The second-order valence-electron chi connectivity index (χ2n) is 7.67. The van der Waals surface area contributed by atoms with E-state index in [0.29, 0.717) is 6.04 Å². The van der Waals surface area contributed by atoms with E-state index in [4.69, 9.17) is 9.47 Å². The summed E-state index contributed by atoms with van der Waals surface area (Å²) in [6.45, 7) is 4.97. The van der Waals surface area contributed by atoms with Crippen LogP contribution in [0.4, 0.5) is 5.82 Å². The second kappa shape index (κ2) is 11.0. The molecule has 0 saturated carbocycles. The Morgan fingerprint density at radius 2 is 1.87 bits per heavy atom. The van der Waals surface area contributed by atoms with Gasteiger partial charge in [0, 0.05) is 37.1 Å². The fraction of sp³-hybridized carbons (Fsp3) is 0.455. The van der Waals surface area contributed by atoms with Crippen molar-refractivity contribution in [2.45, 2.75) is 25.3 Å². The quantitative estimate of drug-likeness (QED) is 0.620. The van der Waals surface area contributed by atoms with Gasteiger partial charge in [-0.3, -0.25) is 4.40 Å². The van der Waals surface area contributed by atoms with Crippen molar-refractivity contribution in [1.29, 1.82) is 0 Å². The van der Waals surface area contributed by atoms with Crippen LogP contribution >= 0.6 is 24.8 Å². The van der Waals surface area contributed by atoms with Crippen LogP contribution in [0.25, 0.3) is 16.9 Å². The number of rotatable bonds is 5. The highest BCUT2D eigenvalue weighted by Crippen LogP contribution is 2.27. The van der Waals surface area contributed by atoms with Crippen LogP contribution in [0.15, 0.2) is 42.9 Å². The number of benzene rings is 1. The van der Waals surface area contributed by atoms with Crippen LogP contribution in [0.1, 0.15) is 19.3 Å². The highest BCUT2D eigenvalue weighted by molar-refractivity contribution is 5.85. The Kier molecular flexibility index (Phi) is 8.37. The summed E-state index contributed by atoms with van der Waals surface area (Å²) in [6.07, 6.45) is 9.49. The molecule has 7 nitrogen and oxygen atoms in total. The molecular weight excluding hydrogens is 437 g/mol. The average molecular weight is 466 g/mol. The third kappa shape index (κ3) is 5.23. The summed E-state index contributed by atoms with van der Waals surface area (Å²) in [6, 6.07) is 8.75. The number of fused-ring (bicyclic) bond motifs is 1. The van der Waals surface area contributed by atoms with E-state index in [9.17, 15) is 0 Å². The Hall–Kier alpha value is -2.06. The van der Waals surface area contributed by atoms with E-state index in [1.807, 2.05) is 30.7 Å². The third-order valence-electron chi connectivity index (χ3n) is 5.73. The molecule has 0 radical (unpaired) electrons. The molecule has 0 spiro atoms. The van der Waals surface area contributed by atoms with E-state index in [-0.39, 0.29) is 24.8 Å². The number of nitrogens with zero attached hydrogens (tertiary/aromatic N) is 4. The van der Waals surface area contributed by atoms with Gasteiger partial charge in [0.25, 0.3) is 0 Å². The van der Waals surface area contributed by atoms with E-state index < -0.39 is 0 Å². The van der Waals surface area contributed by atoms with Gasteiger partial charge in [-0.25, -0.2) is 9.97 Å². The van der Waals surface area contributed by atoms with Gasteiger partial charge >= 0.3 is 0 Å². The normalized spacial score (nSPS) is 18.8. The predicted octanol–water partition coefficient (Wildman–Crippen LogP) is 3.60. The second-order valence-corrected chi connectivity index (χ2v) is 7.67. The minimum Gasteiger partial charge on any atom is -0.492 e. The number of imidazole rings is 1. The van der Waals surface area contributed by atoms with Gasteiger partial charge in [-0.1, -0.05) is 6.42 Å². The van der Waals surface area contributed by atoms with Crippen LogP contribution in [-0.4, -0.2) is 59.9 Å². The first-order chi connectivity index (χ1) is 14.4. The van der Waals surface area contributed by atoms with E-state index >= 15 is 0 Å². The number of morpholine rings is 1. The molecule has 0 bridgehead atoms. The smallest absolute Gasteiger partial charge is 0.180 e. The molecule has 1 unspecified atom stereocenters. The van der Waals surface area contributed by atoms with Crippen LogP contribution in [0.5, 0.6) is 5.75 Å². The number of nitrogens with one attached hydrogen (secondary N) is 1. The Balaban J connectivity index is 0.00000136. The summed E-state index contributed by atoms with van der Waals surface area (Å²) < 4.78 is 13.6. The maximum absolute atomic E-state index is 5.99. The van der Waals surface area contributed by atoms with Gasteiger partial charge in [-0.15, -0.1) is 24.8 Å². The summed E-state index contributed by atoms with van der Waals surface area (Å²) >= 11 is 0. The van der Waals surface area contributed by atoms with Crippen molar-refractivity contribution in [2.75, 3.05) is 44.4 Å². The molecule has 2 saturated heterocycles. The molecule has 1 atom stereocenters. The molecule has 2 fully saturated rings. The fourth-order valence-corrected chi connectivity index (χ4v) is 4.10. The van der Waals surface area contributed by atoms with Gasteiger partial charge in [0.15, 0.2) is 11.5 Å². The van der Waals surface area contributed by atoms with Crippen molar-refractivity contribution >= 4 is 36.3 Å². The van der Waals surface area contributed by atoms with Crippen LogP contribution in [-0.2, 0) is 4.74 Å². The number of hydrogen-bond acceptors (Lipinski definition) is 6. The molecule has 31 heavy (non-hydrogen) atoms. The zero-order valence-electron chi connectivity index (χ0n) is 17.4. The summed E-state index contributed by atoms with van der Waals surface area (Å²) in [5.41, 5.74) is 3.05. The average Bonchev–Trinajstić information content (AvgIpc) is 3.24. The molecule has 3 aromatic rings. The lowest BCUT2D eigenvalue weighted by Crippen LogP contribution is -2.38. The highest BCUT2D eigenvalue weighted by Gasteiger charge is 2.18. The summed E-state index contributed by atoms with van der Waals surface area (Å²) in [4.78, 5) is 11.5.